The fourth-order valence-corrected chi connectivity index (χ4v) is 3.34. The largest absolute Gasteiger partial charge is 0.271 e. The van der Waals surface area contributed by atoms with Gasteiger partial charge in [-0.05, 0) is 23.6 Å². The second-order valence-electron chi connectivity index (χ2n) is 4.66. The zero-order chi connectivity index (χ0) is 13.8. The van der Waals surface area contributed by atoms with Crippen LogP contribution >= 0.6 is 11.8 Å². The van der Waals surface area contributed by atoms with E-state index in [0.29, 0.717) is 6.61 Å². The van der Waals surface area contributed by atoms with E-state index in [1.54, 1.807) is 11.8 Å². The van der Waals surface area contributed by atoms with E-state index in [0.717, 1.165) is 12.0 Å². The lowest BCUT2D eigenvalue weighted by Crippen LogP contribution is -2.32. The summed E-state index contributed by atoms with van der Waals surface area (Å²) in [5.41, 5.74) is 4.82. The van der Waals surface area contributed by atoms with Crippen LogP contribution in [0.2, 0.25) is 0 Å². The number of carbonyl (C=O) groups excluding carboxylic acids is 1. The van der Waals surface area contributed by atoms with Crippen LogP contribution in [0.5, 0.6) is 0 Å². The highest BCUT2D eigenvalue weighted by molar-refractivity contribution is 8.01. The molecule has 1 N–H and O–H groups in total. The maximum absolute atomic E-state index is 12.0. The molecule has 0 radical (unpaired) electrons. The van der Waals surface area contributed by atoms with E-state index in [4.69, 9.17) is 4.84 Å². The molecular weight excluding hydrogens is 270 g/mol. The predicted molar refractivity (Wildman–Crippen MR) is 79.2 cm³/mol. The molecule has 102 valence electrons. The molecule has 0 aromatic heterocycles. The molecule has 0 saturated carbocycles. The number of rotatable bonds is 4. The molecule has 1 heterocycles. The first-order chi connectivity index (χ1) is 9.83. The number of amides is 1. The fourth-order valence-electron chi connectivity index (χ4n) is 2.16. The van der Waals surface area contributed by atoms with Gasteiger partial charge in [0.25, 0.3) is 5.91 Å². The summed E-state index contributed by atoms with van der Waals surface area (Å²) in [5, 5.41) is -0.0943. The Balaban J connectivity index is 1.49. The molecule has 1 unspecified atom stereocenters. The first kappa shape index (κ1) is 13.2. The zero-order valence-electron chi connectivity index (χ0n) is 10.9. The summed E-state index contributed by atoms with van der Waals surface area (Å²) < 4.78 is 0. The van der Waals surface area contributed by atoms with Gasteiger partial charge in [0.1, 0.15) is 0 Å². The van der Waals surface area contributed by atoms with Crippen molar-refractivity contribution in [3.05, 3.63) is 65.7 Å². The van der Waals surface area contributed by atoms with Gasteiger partial charge in [-0.15, -0.1) is 11.8 Å². The van der Waals surface area contributed by atoms with Crippen molar-refractivity contribution in [1.29, 1.82) is 0 Å². The van der Waals surface area contributed by atoms with Crippen LogP contribution in [0, 0.1) is 0 Å². The molecule has 1 atom stereocenters. The maximum atomic E-state index is 12.0. The Kier molecular flexibility index (Phi) is 4.04. The minimum atomic E-state index is -0.0943. The molecule has 20 heavy (non-hydrogen) atoms. The molecule has 1 aliphatic heterocycles. The molecule has 1 amide bonds. The fraction of sp³-hybridized carbons (Fsp3) is 0.188. The molecule has 3 nitrogen and oxygen atoms in total. The Hall–Kier alpha value is -1.78. The van der Waals surface area contributed by atoms with Crippen molar-refractivity contribution in [1.82, 2.24) is 5.48 Å². The summed E-state index contributed by atoms with van der Waals surface area (Å²) in [4.78, 5) is 18.5. The number of nitrogens with one attached hydrogen (secondary N) is 1. The van der Waals surface area contributed by atoms with Crippen LogP contribution in [0.1, 0.15) is 11.1 Å². The molecule has 0 fully saturated rings. The van der Waals surface area contributed by atoms with Gasteiger partial charge < -0.3 is 0 Å². The molecule has 4 heteroatoms. The highest BCUT2D eigenvalue weighted by Gasteiger charge is 2.27. The van der Waals surface area contributed by atoms with E-state index < -0.39 is 0 Å². The van der Waals surface area contributed by atoms with Crippen LogP contribution in [-0.4, -0.2) is 11.2 Å². The van der Waals surface area contributed by atoms with Gasteiger partial charge in [-0.25, -0.2) is 5.48 Å². The van der Waals surface area contributed by atoms with Crippen LogP contribution in [0.25, 0.3) is 0 Å². The van der Waals surface area contributed by atoms with Crippen molar-refractivity contribution in [3.63, 3.8) is 0 Å². The second-order valence-corrected chi connectivity index (χ2v) is 5.90. The summed E-state index contributed by atoms with van der Waals surface area (Å²) >= 11 is 1.60. The van der Waals surface area contributed by atoms with Crippen LogP contribution in [0.3, 0.4) is 0 Å². The molecule has 2 aromatic carbocycles. The molecule has 0 bridgehead atoms. The number of fused-ring (bicyclic) bond motifs is 1. The summed E-state index contributed by atoms with van der Waals surface area (Å²) in [6.45, 7) is 0.386. The summed E-state index contributed by atoms with van der Waals surface area (Å²) in [5.74, 6) is -0.0675. The lowest BCUT2D eigenvalue weighted by Gasteiger charge is -2.09. The quantitative estimate of drug-likeness (QED) is 0.878. The zero-order valence-corrected chi connectivity index (χ0v) is 11.7. The molecule has 1 aliphatic rings. The smallest absolute Gasteiger partial charge is 0.257 e. The molecule has 0 aliphatic carbocycles. The van der Waals surface area contributed by atoms with E-state index in [-0.39, 0.29) is 11.2 Å². The highest BCUT2D eigenvalue weighted by atomic mass is 32.2. The number of hydrogen-bond donors (Lipinski definition) is 1. The monoisotopic (exact) mass is 285 g/mol. The number of benzene rings is 2. The molecular formula is C16H15NO2S. The van der Waals surface area contributed by atoms with Gasteiger partial charge in [-0.3, -0.25) is 9.63 Å². The van der Waals surface area contributed by atoms with Crippen LogP contribution < -0.4 is 5.48 Å². The summed E-state index contributed by atoms with van der Waals surface area (Å²) in [6.07, 6.45) is 0.765. The van der Waals surface area contributed by atoms with Crippen LogP contribution in [0.4, 0.5) is 0 Å². The van der Waals surface area contributed by atoms with Crippen molar-refractivity contribution in [2.45, 2.75) is 23.2 Å². The standard InChI is InChI=1S/C16H15NO2S/c18-16(17-19-11-12-6-2-1-3-7-12)15-10-13-8-4-5-9-14(13)20-15/h1-9,15H,10-11H2,(H,17,18). The van der Waals surface area contributed by atoms with Gasteiger partial charge in [0, 0.05) is 4.90 Å². The van der Waals surface area contributed by atoms with Crippen molar-refractivity contribution in [2.75, 3.05) is 0 Å². The molecule has 2 aromatic rings. The predicted octanol–water partition coefficient (Wildman–Crippen LogP) is 2.95. The second kappa shape index (κ2) is 6.11. The van der Waals surface area contributed by atoms with Crippen molar-refractivity contribution in [3.8, 4) is 0 Å². The highest BCUT2D eigenvalue weighted by Crippen LogP contribution is 2.36. The third kappa shape index (κ3) is 3.03. The Morgan fingerprint density at radius 3 is 2.70 bits per heavy atom. The van der Waals surface area contributed by atoms with Gasteiger partial charge in [0.15, 0.2) is 0 Å². The maximum Gasteiger partial charge on any atom is 0.257 e. The van der Waals surface area contributed by atoms with E-state index in [1.165, 1.54) is 10.5 Å². The average molecular weight is 285 g/mol. The first-order valence-electron chi connectivity index (χ1n) is 6.53. The lowest BCUT2D eigenvalue weighted by molar-refractivity contribution is -0.133. The van der Waals surface area contributed by atoms with Crippen molar-refractivity contribution >= 4 is 17.7 Å². The Labute approximate surface area is 122 Å². The van der Waals surface area contributed by atoms with Crippen molar-refractivity contribution in [2.24, 2.45) is 0 Å². The van der Waals surface area contributed by atoms with E-state index in [2.05, 4.69) is 17.6 Å². The number of hydroxylamine groups is 1. The van der Waals surface area contributed by atoms with Gasteiger partial charge >= 0.3 is 0 Å². The van der Waals surface area contributed by atoms with Crippen molar-refractivity contribution < 1.29 is 9.63 Å². The van der Waals surface area contributed by atoms with Crippen LogP contribution in [-0.2, 0) is 22.7 Å². The van der Waals surface area contributed by atoms with Crippen LogP contribution in [0.15, 0.2) is 59.5 Å². The summed E-state index contributed by atoms with van der Waals surface area (Å²) in [6, 6.07) is 17.9. The SMILES string of the molecule is O=C(NOCc1ccccc1)C1Cc2ccccc2S1. The summed E-state index contributed by atoms with van der Waals surface area (Å²) in [7, 11) is 0. The lowest BCUT2D eigenvalue weighted by atomic mass is 10.1. The number of hydrogen-bond acceptors (Lipinski definition) is 3. The Morgan fingerprint density at radius 2 is 1.90 bits per heavy atom. The minimum Gasteiger partial charge on any atom is -0.271 e. The van der Waals surface area contributed by atoms with E-state index >= 15 is 0 Å². The van der Waals surface area contributed by atoms with Gasteiger partial charge in [0.05, 0.1) is 11.9 Å². The van der Waals surface area contributed by atoms with Gasteiger partial charge in [0.2, 0.25) is 0 Å². The topological polar surface area (TPSA) is 38.3 Å². The normalized spacial score (nSPS) is 16.7. The third-order valence-electron chi connectivity index (χ3n) is 3.19. The Morgan fingerprint density at radius 1 is 1.15 bits per heavy atom. The van der Waals surface area contributed by atoms with E-state index in [9.17, 15) is 4.79 Å². The number of carbonyl (C=O) groups is 1. The number of thioether (sulfide) groups is 1. The van der Waals surface area contributed by atoms with E-state index in [1.807, 2.05) is 42.5 Å². The third-order valence-corrected chi connectivity index (χ3v) is 4.51. The molecule has 0 spiro atoms. The Bertz CT molecular complexity index is 575. The van der Waals surface area contributed by atoms with Gasteiger partial charge in [-0.1, -0.05) is 48.5 Å². The minimum absolute atomic E-state index is 0.0675. The molecule has 0 saturated heterocycles. The van der Waals surface area contributed by atoms with Gasteiger partial charge in [-0.2, -0.15) is 0 Å². The molecule has 3 rings (SSSR count). The first-order valence-corrected chi connectivity index (χ1v) is 7.41. The average Bonchev–Trinajstić information content (AvgIpc) is 2.92.